The predicted octanol–water partition coefficient (Wildman–Crippen LogP) is 0.551. The average molecular weight is 181 g/mol. The van der Waals surface area contributed by atoms with Gasteiger partial charge in [-0.3, -0.25) is 0 Å². The van der Waals surface area contributed by atoms with E-state index < -0.39 is 5.97 Å². The summed E-state index contributed by atoms with van der Waals surface area (Å²) in [4.78, 5) is 14.2. The molecule has 1 aromatic heterocycles. The third-order valence-corrected chi connectivity index (χ3v) is 1.65. The summed E-state index contributed by atoms with van der Waals surface area (Å²) >= 11 is 0. The molecule has 2 heterocycles. The van der Waals surface area contributed by atoms with Crippen LogP contribution in [-0.2, 0) is 0 Å². The highest BCUT2D eigenvalue weighted by atomic mass is 16.6. The first-order chi connectivity index (χ1) is 6.27. The van der Waals surface area contributed by atoms with Gasteiger partial charge in [0.05, 0.1) is 6.20 Å². The molecule has 0 spiro atoms. The molecular formula is C8H7NO4. The molecule has 0 amide bonds. The summed E-state index contributed by atoms with van der Waals surface area (Å²) in [6.45, 7) is 0.914. The average Bonchev–Trinajstić information content (AvgIpc) is 2.17. The third kappa shape index (κ3) is 1.40. The van der Waals surface area contributed by atoms with E-state index in [1.807, 2.05) is 0 Å². The lowest BCUT2D eigenvalue weighted by Crippen LogP contribution is -2.16. The largest absolute Gasteiger partial charge is 0.486 e. The highest BCUT2D eigenvalue weighted by Crippen LogP contribution is 2.29. The molecule has 0 saturated heterocycles. The van der Waals surface area contributed by atoms with Crippen molar-refractivity contribution in [2.75, 3.05) is 13.2 Å². The number of nitrogens with zero attached hydrogens (tertiary/aromatic N) is 1. The van der Waals surface area contributed by atoms with Crippen LogP contribution in [0.2, 0.25) is 0 Å². The van der Waals surface area contributed by atoms with E-state index in [1.165, 1.54) is 12.3 Å². The van der Waals surface area contributed by atoms with Gasteiger partial charge in [0.25, 0.3) is 0 Å². The Kier molecular flexibility index (Phi) is 1.77. The molecule has 0 radical (unpaired) electrons. The number of aromatic carboxylic acids is 1. The summed E-state index contributed by atoms with van der Waals surface area (Å²) in [5.41, 5.74) is -0.0377. The van der Waals surface area contributed by atoms with E-state index in [4.69, 9.17) is 14.6 Å². The summed E-state index contributed by atoms with van der Waals surface area (Å²) < 4.78 is 10.4. The first-order valence-electron chi connectivity index (χ1n) is 3.76. The zero-order chi connectivity index (χ0) is 9.26. The number of hydrogen-bond donors (Lipinski definition) is 1. The summed E-state index contributed by atoms with van der Waals surface area (Å²) in [5.74, 6) is -0.133. The maximum atomic E-state index is 10.5. The Balaban J connectivity index is 2.40. The van der Waals surface area contributed by atoms with Gasteiger partial charge < -0.3 is 14.6 Å². The lowest BCUT2D eigenvalue weighted by molar-refractivity contribution is 0.0689. The zero-order valence-corrected chi connectivity index (χ0v) is 6.69. The molecule has 0 aliphatic carbocycles. The molecule has 1 aliphatic heterocycles. The SMILES string of the molecule is O=C(O)c1cc2c(cn1)OCCO2. The number of pyridine rings is 1. The molecule has 0 bridgehead atoms. The molecule has 0 atom stereocenters. The smallest absolute Gasteiger partial charge is 0.354 e. The highest BCUT2D eigenvalue weighted by molar-refractivity contribution is 5.86. The van der Waals surface area contributed by atoms with Gasteiger partial charge in [0.1, 0.15) is 13.2 Å². The van der Waals surface area contributed by atoms with Gasteiger partial charge in [0.15, 0.2) is 17.2 Å². The molecule has 13 heavy (non-hydrogen) atoms. The van der Waals surface area contributed by atoms with Crippen LogP contribution in [0, 0.1) is 0 Å². The first-order valence-corrected chi connectivity index (χ1v) is 3.76. The van der Waals surface area contributed by atoms with E-state index in [-0.39, 0.29) is 5.69 Å². The van der Waals surface area contributed by atoms with Crippen molar-refractivity contribution in [2.24, 2.45) is 0 Å². The maximum Gasteiger partial charge on any atom is 0.354 e. The fourth-order valence-electron chi connectivity index (χ4n) is 1.07. The quantitative estimate of drug-likeness (QED) is 0.685. The van der Waals surface area contributed by atoms with Gasteiger partial charge in [0.2, 0.25) is 0 Å². The zero-order valence-electron chi connectivity index (χ0n) is 6.69. The first kappa shape index (κ1) is 7.85. The van der Waals surface area contributed by atoms with Gasteiger partial charge in [-0.15, -0.1) is 0 Å². The van der Waals surface area contributed by atoms with Crippen LogP contribution in [0.25, 0.3) is 0 Å². The Morgan fingerprint density at radius 1 is 1.38 bits per heavy atom. The van der Waals surface area contributed by atoms with Crippen LogP contribution >= 0.6 is 0 Å². The third-order valence-electron chi connectivity index (χ3n) is 1.65. The molecule has 0 saturated carbocycles. The van der Waals surface area contributed by atoms with Crippen LogP contribution in [0.15, 0.2) is 12.3 Å². The van der Waals surface area contributed by atoms with Gasteiger partial charge in [-0.05, 0) is 0 Å². The molecule has 5 nitrogen and oxygen atoms in total. The fourth-order valence-corrected chi connectivity index (χ4v) is 1.07. The Morgan fingerprint density at radius 2 is 2.08 bits per heavy atom. The lowest BCUT2D eigenvalue weighted by Gasteiger charge is -2.17. The highest BCUT2D eigenvalue weighted by Gasteiger charge is 2.15. The van der Waals surface area contributed by atoms with Crippen LogP contribution in [-0.4, -0.2) is 29.3 Å². The van der Waals surface area contributed by atoms with Crippen LogP contribution < -0.4 is 9.47 Å². The number of carboxylic acid groups (broad SMARTS) is 1. The summed E-state index contributed by atoms with van der Waals surface area (Å²) in [6, 6.07) is 1.36. The Bertz CT molecular complexity index is 350. The van der Waals surface area contributed by atoms with Gasteiger partial charge in [-0.25, -0.2) is 9.78 Å². The van der Waals surface area contributed by atoms with E-state index in [0.29, 0.717) is 24.7 Å². The van der Waals surface area contributed by atoms with Crippen LogP contribution in [0.3, 0.4) is 0 Å². The molecule has 0 fully saturated rings. The molecule has 2 rings (SSSR count). The minimum absolute atomic E-state index is 0.0377. The number of carbonyl (C=O) groups is 1. The maximum absolute atomic E-state index is 10.5. The number of hydrogen-bond acceptors (Lipinski definition) is 4. The van der Waals surface area contributed by atoms with Crippen molar-refractivity contribution in [3.63, 3.8) is 0 Å². The fraction of sp³-hybridized carbons (Fsp3) is 0.250. The monoisotopic (exact) mass is 181 g/mol. The second kappa shape index (κ2) is 2.93. The van der Waals surface area contributed by atoms with Crippen LogP contribution in [0.5, 0.6) is 11.5 Å². The van der Waals surface area contributed by atoms with Crippen molar-refractivity contribution >= 4 is 5.97 Å². The predicted molar refractivity (Wildman–Crippen MR) is 42.2 cm³/mol. The minimum atomic E-state index is -1.07. The van der Waals surface area contributed by atoms with Crippen molar-refractivity contribution in [2.45, 2.75) is 0 Å². The second-order valence-corrected chi connectivity index (χ2v) is 2.52. The lowest BCUT2D eigenvalue weighted by atomic mass is 10.3. The number of rotatable bonds is 1. The number of carboxylic acids is 1. The van der Waals surface area contributed by atoms with Crippen molar-refractivity contribution in [1.82, 2.24) is 4.98 Å². The molecule has 1 N–H and O–H groups in total. The van der Waals surface area contributed by atoms with E-state index in [1.54, 1.807) is 0 Å². The number of ether oxygens (including phenoxy) is 2. The number of fused-ring (bicyclic) bond motifs is 1. The van der Waals surface area contributed by atoms with Gasteiger partial charge in [-0.1, -0.05) is 0 Å². The molecule has 0 aromatic carbocycles. The van der Waals surface area contributed by atoms with Crippen molar-refractivity contribution in [3.05, 3.63) is 18.0 Å². The molecule has 1 aliphatic rings. The Morgan fingerprint density at radius 3 is 2.77 bits per heavy atom. The molecule has 0 unspecified atom stereocenters. The van der Waals surface area contributed by atoms with Crippen molar-refractivity contribution < 1.29 is 19.4 Å². The summed E-state index contributed by atoms with van der Waals surface area (Å²) in [7, 11) is 0. The minimum Gasteiger partial charge on any atom is -0.486 e. The van der Waals surface area contributed by atoms with E-state index in [2.05, 4.69) is 4.98 Å². The standard InChI is InChI=1S/C8H7NO4/c10-8(11)5-3-6-7(4-9-5)13-2-1-12-6/h3-4H,1-2H2,(H,10,11). The molecule has 5 heteroatoms. The normalized spacial score (nSPS) is 13.8. The van der Waals surface area contributed by atoms with Gasteiger partial charge in [-0.2, -0.15) is 0 Å². The van der Waals surface area contributed by atoms with E-state index in [9.17, 15) is 4.79 Å². The second-order valence-electron chi connectivity index (χ2n) is 2.52. The van der Waals surface area contributed by atoms with Crippen LogP contribution in [0.1, 0.15) is 10.5 Å². The topological polar surface area (TPSA) is 68.7 Å². The van der Waals surface area contributed by atoms with Crippen molar-refractivity contribution in [3.8, 4) is 11.5 Å². The molecule has 1 aromatic rings. The summed E-state index contributed by atoms with van der Waals surface area (Å²) in [6.07, 6.45) is 1.36. The van der Waals surface area contributed by atoms with Gasteiger partial charge >= 0.3 is 5.97 Å². The Hall–Kier alpha value is -1.78. The van der Waals surface area contributed by atoms with Gasteiger partial charge in [0, 0.05) is 6.07 Å². The van der Waals surface area contributed by atoms with Crippen molar-refractivity contribution in [1.29, 1.82) is 0 Å². The Labute approximate surface area is 73.9 Å². The van der Waals surface area contributed by atoms with E-state index in [0.717, 1.165) is 0 Å². The van der Waals surface area contributed by atoms with E-state index >= 15 is 0 Å². The number of aromatic nitrogens is 1. The molecule has 68 valence electrons. The van der Waals surface area contributed by atoms with Crippen LogP contribution in [0.4, 0.5) is 0 Å². The molecular weight excluding hydrogens is 174 g/mol. The summed E-state index contributed by atoms with van der Waals surface area (Å²) in [5, 5.41) is 8.63.